The maximum atomic E-state index is 10.6. The van der Waals surface area contributed by atoms with Crippen molar-refractivity contribution in [3.05, 3.63) is 0 Å². The van der Waals surface area contributed by atoms with Gasteiger partial charge >= 0.3 is 11.9 Å². The fraction of sp³-hybridized carbons (Fsp3) is 0.750. The number of carbonyl (C=O) groups excluding carboxylic acids is 2. The van der Waals surface area contributed by atoms with Crippen molar-refractivity contribution < 1.29 is 19.1 Å². The Kier molecular flexibility index (Phi) is 6.05. The number of carbonyl (C=O) groups is 2. The minimum Gasteiger partial charge on any atom is -0.469 e. The lowest BCUT2D eigenvalue weighted by molar-refractivity contribution is -0.146. The van der Waals surface area contributed by atoms with Gasteiger partial charge in [-0.25, -0.2) is 0 Å². The van der Waals surface area contributed by atoms with Gasteiger partial charge in [-0.15, -0.1) is 0 Å². The van der Waals surface area contributed by atoms with Gasteiger partial charge in [0.15, 0.2) is 0 Å². The molecule has 0 radical (unpaired) electrons. The molecule has 0 heterocycles. The standard InChI is InChI=1S/C8H14O4/c1-3-7(9)12-6-4-5-8(10)11-2/h3-6H2,1-2H3. The lowest BCUT2D eigenvalue weighted by atomic mass is 10.3. The van der Waals surface area contributed by atoms with Crippen molar-refractivity contribution in [1.29, 1.82) is 0 Å². The van der Waals surface area contributed by atoms with E-state index >= 15 is 0 Å². The minimum atomic E-state index is -0.275. The molecule has 4 heteroatoms. The minimum absolute atomic E-state index is 0.236. The SMILES string of the molecule is CCC(=O)OCCCC(=O)OC. The van der Waals surface area contributed by atoms with Crippen LogP contribution in [0.5, 0.6) is 0 Å². The van der Waals surface area contributed by atoms with Crippen molar-refractivity contribution in [1.82, 2.24) is 0 Å². The Balaban J connectivity index is 3.21. The summed E-state index contributed by atoms with van der Waals surface area (Å²) in [6, 6.07) is 0. The van der Waals surface area contributed by atoms with Crippen LogP contribution in [0.3, 0.4) is 0 Å². The highest BCUT2D eigenvalue weighted by atomic mass is 16.5. The molecule has 70 valence electrons. The Bertz CT molecular complexity index is 135. The summed E-state index contributed by atoms with van der Waals surface area (Å²) in [6.07, 6.45) is 1.20. The summed E-state index contributed by atoms with van der Waals surface area (Å²) in [4.78, 5) is 21.2. The van der Waals surface area contributed by atoms with Gasteiger partial charge in [0.1, 0.15) is 0 Å². The number of hydrogen-bond acceptors (Lipinski definition) is 4. The van der Waals surface area contributed by atoms with E-state index in [1.165, 1.54) is 7.11 Å². The quantitative estimate of drug-likeness (QED) is 0.459. The highest BCUT2D eigenvalue weighted by molar-refractivity contribution is 5.69. The van der Waals surface area contributed by atoms with Crippen LogP contribution in [0, 0.1) is 0 Å². The van der Waals surface area contributed by atoms with Crippen LogP contribution in [0.2, 0.25) is 0 Å². The fourth-order valence-electron chi connectivity index (χ4n) is 0.607. The van der Waals surface area contributed by atoms with Gasteiger partial charge in [-0.2, -0.15) is 0 Å². The molecule has 0 amide bonds. The molecule has 0 aliphatic carbocycles. The number of hydrogen-bond donors (Lipinski definition) is 0. The first-order chi connectivity index (χ1) is 5.70. The third kappa shape index (κ3) is 5.70. The molecule has 0 fully saturated rings. The largest absolute Gasteiger partial charge is 0.469 e. The first kappa shape index (κ1) is 10.9. The maximum Gasteiger partial charge on any atom is 0.305 e. The number of esters is 2. The molecule has 4 nitrogen and oxygen atoms in total. The molecule has 0 aromatic rings. The van der Waals surface area contributed by atoms with Gasteiger partial charge in [-0.05, 0) is 6.42 Å². The second-order valence-electron chi connectivity index (χ2n) is 2.25. The number of ether oxygens (including phenoxy) is 2. The Morgan fingerprint density at radius 2 is 1.92 bits per heavy atom. The second-order valence-corrected chi connectivity index (χ2v) is 2.25. The van der Waals surface area contributed by atoms with E-state index in [1.54, 1.807) is 6.92 Å². The monoisotopic (exact) mass is 174 g/mol. The summed E-state index contributed by atoms with van der Waals surface area (Å²) in [6.45, 7) is 2.02. The molecular weight excluding hydrogens is 160 g/mol. The van der Waals surface area contributed by atoms with E-state index in [0.29, 0.717) is 25.9 Å². The van der Waals surface area contributed by atoms with Gasteiger partial charge in [0.2, 0.25) is 0 Å². The molecule has 0 aromatic carbocycles. The predicted octanol–water partition coefficient (Wildman–Crippen LogP) is 0.893. The second kappa shape index (κ2) is 6.64. The zero-order valence-corrected chi connectivity index (χ0v) is 7.46. The van der Waals surface area contributed by atoms with Crippen molar-refractivity contribution in [2.45, 2.75) is 26.2 Å². The first-order valence-corrected chi connectivity index (χ1v) is 3.93. The van der Waals surface area contributed by atoms with E-state index in [1.807, 2.05) is 0 Å². The molecule has 0 saturated heterocycles. The van der Waals surface area contributed by atoms with Crippen molar-refractivity contribution in [3.63, 3.8) is 0 Å². The Labute approximate surface area is 71.8 Å². The van der Waals surface area contributed by atoms with Crippen molar-refractivity contribution in [2.24, 2.45) is 0 Å². The van der Waals surface area contributed by atoms with Crippen molar-refractivity contribution >= 4 is 11.9 Å². The van der Waals surface area contributed by atoms with Crippen LogP contribution >= 0.6 is 0 Å². The molecule has 12 heavy (non-hydrogen) atoms. The Hall–Kier alpha value is -1.06. The smallest absolute Gasteiger partial charge is 0.305 e. The van der Waals surface area contributed by atoms with Gasteiger partial charge in [0.25, 0.3) is 0 Å². The Morgan fingerprint density at radius 1 is 1.25 bits per heavy atom. The van der Waals surface area contributed by atoms with Crippen LogP contribution in [0.25, 0.3) is 0 Å². The predicted molar refractivity (Wildman–Crippen MR) is 42.5 cm³/mol. The third-order valence-electron chi connectivity index (χ3n) is 1.30. The molecule has 0 rings (SSSR count). The van der Waals surface area contributed by atoms with E-state index in [-0.39, 0.29) is 11.9 Å². The summed E-state index contributed by atoms with van der Waals surface area (Å²) < 4.78 is 9.14. The van der Waals surface area contributed by atoms with Crippen LogP contribution < -0.4 is 0 Å². The molecule has 0 spiro atoms. The Morgan fingerprint density at radius 3 is 2.42 bits per heavy atom. The van der Waals surface area contributed by atoms with Gasteiger partial charge in [-0.3, -0.25) is 9.59 Å². The molecule has 0 aliphatic heterocycles. The zero-order chi connectivity index (χ0) is 9.40. The van der Waals surface area contributed by atoms with Crippen LogP contribution in [0.15, 0.2) is 0 Å². The highest BCUT2D eigenvalue weighted by Gasteiger charge is 2.01. The molecule has 0 atom stereocenters. The molecule has 0 aliphatic rings. The fourth-order valence-corrected chi connectivity index (χ4v) is 0.607. The molecular formula is C8H14O4. The van der Waals surface area contributed by atoms with E-state index in [0.717, 1.165) is 0 Å². The van der Waals surface area contributed by atoms with E-state index in [9.17, 15) is 9.59 Å². The van der Waals surface area contributed by atoms with Crippen LogP contribution in [-0.2, 0) is 19.1 Å². The lowest BCUT2D eigenvalue weighted by Gasteiger charge is -2.01. The molecule has 0 N–H and O–H groups in total. The first-order valence-electron chi connectivity index (χ1n) is 3.93. The van der Waals surface area contributed by atoms with Crippen LogP contribution in [-0.4, -0.2) is 25.7 Å². The number of methoxy groups -OCH3 is 1. The topological polar surface area (TPSA) is 52.6 Å². The average molecular weight is 174 g/mol. The van der Waals surface area contributed by atoms with Crippen LogP contribution in [0.4, 0.5) is 0 Å². The third-order valence-corrected chi connectivity index (χ3v) is 1.30. The molecule has 0 unspecified atom stereocenters. The summed E-state index contributed by atoms with van der Waals surface area (Å²) >= 11 is 0. The average Bonchev–Trinajstić information content (AvgIpc) is 2.11. The van der Waals surface area contributed by atoms with Crippen molar-refractivity contribution in [3.8, 4) is 0 Å². The van der Waals surface area contributed by atoms with E-state index < -0.39 is 0 Å². The molecule has 0 aromatic heterocycles. The van der Waals surface area contributed by atoms with Gasteiger partial charge < -0.3 is 9.47 Å². The van der Waals surface area contributed by atoms with E-state index in [4.69, 9.17) is 4.74 Å². The normalized spacial score (nSPS) is 9.17. The summed E-state index contributed by atoms with van der Waals surface area (Å²) in [7, 11) is 1.33. The van der Waals surface area contributed by atoms with Crippen LogP contribution in [0.1, 0.15) is 26.2 Å². The number of rotatable bonds is 5. The zero-order valence-electron chi connectivity index (χ0n) is 7.46. The van der Waals surface area contributed by atoms with E-state index in [2.05, 4.69) is 4.74 Å². The van der Waals surface area contributed by atoms with Gasteiger partial charge in [0, 0.05) is 12.8 Å². The van der Waals surface area contributed by atoms with Gasteiger partial charge in [-0.1, -0.05) is 6.92 Å². The molecule has 0 saturated carbocycles. The van der Waals surface area contributed by atoms with Gasteiger partial charge in [0.05, 0.1) is 13.7 Å². The molecule has 0 bridgehead atoms. The maximum absolute atomic E-state index is 10.6. The lowest BCUT2D eigenvalue weighted by Crippen LogP contribution is -2.06. The van der Waals surface area contributed by atoms with Crippen molar-refractivity contribution in [2.75, 3.05) is 13.7 Å². The highest BCUT2D eigenvalue weighted by Crippen LogP contribution is 1.93. The summed E-state index contributed by atoms with van der Waals surface area (Å²) in [5, 5.41) is 0. The summed E-state index contributed by atoms with van der Waals surface area (Å²) in [5.41, 5.74) is 0. The summed E-state index contributed by atoms with van der Waals surface area (Å²) in [5.74, 6) is -0.512.